The van der Waals surface area contributed by atoms with Crippen LogP contribution in [0.5, 0.6) is 11.5 Å². The molecule has 0 atom stereocenters. The van der Waals surface area contributed by atoms with Gasteiger partial charge in [0.05, 0.1) is 6.61 Å². The van der Waals surface area contributed by atoms with E-state index in [0.29, 0.717) is 12.4 Å². The van der Waals surface area contributed by atoms with Crippen LogP contribution >= 0.6 is 0 Å². The second kappa shape index (κ2) is 2.41. The van der Waals surface area contributed by atoms with Crippen molar-refractivity contribution in [3.8, 4) is 11.5 Å². The van der Waals surface area contributed by atoms with Gasteiger partial charge in [-0.25, -0.2) is 0 Å². The number of hydrogen-bond acceptors (Lipinski definition) is 2. The summed E-state index contributed by atoms with van der Waals surface area (Å²) in [6.45, 7) is 6.82. The van der Waals surface area contributed by atoms with E-state index in [1.54, 1.807) is 6.07 Å². The Labute approximate surface area is 78.2 Å². The molecule has 0 bridgehead atoms. The molecule has 0 spiro atoms. The largest absolute Gasteiger partial charge is 0.508 e. The van der Waals surface area contributed by atoms with Crippen LogP contribution in [0.15, 0.2) is 12.1 Å². The average Bonchev–Trinajstić information content (AvgIpc) is 2.36. The maximum absolute atomic E-state index is 9.71. The molecule has 0 aliphatic carbocycles. The summed E-state index contributed by atoms with van der Waals surface area (Å²) in [4.78, 5) is 0. The van der Waals surface area contributed by atoms with Gasteiger partial charge < -0.3 is 9.84 Å². The molecule has 1 aromatic carbocycles. The molecule has 0 fully saturated rings. The van der Waals surface area contributed by atoms with Crippen LogP contribution in [0.4, 0.5) is 0 Å². The first-order chi connectivity index (χ1) is 6.02. The molecular formula is C11H14O2. The number of benzene rings is 1. The Hall–Kier alpha value is -1.18. The average molecular weight is 178 g/mol. The monoisotopic (exact) mass is 178 g/mol. The van der Waals surface area contributed by atoms with Crippen LogP contribution in [0.1, 0.15) is 25.0 Å². The second-order valence-electron chi connectivity index (χ2n) is 4.28. The molecule has 0 saturated heterocycles. The van der Waals surface area contributed by atoms with Crippen LogP contribution in [-0.2, 0) is 5.41 Å². The fourth-order valence-electron chi connectivity index (χ4n) is 1.84. The van der Waals surface area contributed by atoms with Gasteiger partial charge in [-0.15, -0.1) is 0 Å². The number of hydrogen-bond donors (Lipinski definition) is 1. The zero-order valence-electron chi connectivity index (χ0n) is 8.22. The van der Waals surface area contributed by atoms with E-state index in [4.69, 9.17) is 4.74 Å². The number of phenols is 1. The molecule has 0 unspecified atom stereocenters. The SMILES string of the molecule is Cc1ccc(O)c2c1OCC2(C)C. The summed E-state index contributed by atoms with van der Waals surface area (Å²) in [6.07, 6.45) is 0. The fraction of sp³-hybridized carbons (Fsp3) is 0.455. The summed E-state index contributed by atoms with van der Waals surface area (Å²) >= 11 is 0. The zero-order chi connectivity index (χ0) is 9.64. The fourth-order valence-corrected chi connectivity index (χ4v) is 1.84. The second-order valence-corrected chi connectivity index (χ2v) is 4.28. The smallest absolute Gasteiger partial charge is 0.129 e. The Kier molecular flexibility index (Phi) is 1.56. The molecule has 0 radical (unpaired) electrons. The van der Waals surface area contributed by atoms with Crippen LogP contribution in [0.2, 0.25) is 0 Å². The summed E-state index contributed by atoms with van der Waals surface area (Å²) in [5, 5.41) is 9.71. The predicted molar refractivity (Wildman–Crippen MR) is 51.4 cm³/mol. The zero-order valence-corrected chi connectivity index (χ0v) is 8.22. The molecule has 1 aliphatic heterocycles. The van der Waals surface area contributed by atoms with Gasteiger partial charge in [0.1, 0.15) is 11.5 Å². The predicted octanol–water partition coefficient (Wildman–Crippen LogP) is 2.37. The summed E-state index contributed by atoms with van der Waals surface area (Å²) in [5.74, 6) is 1.22. The standard InChI is InChI=1S/C11H14O2/c1-7-4-5-8(12)9-10(7)13-6-11(9,2)3/h4-5,12H,6H2,1-3H3. The number of aryl methyl sites for hydroxylation is 1. The minimum absolute atomic E-state index is 0.0641. The van der Waals surface area contributed by atoms with Gasteiger partial charge in [-0.05, 0) is 18.6 Å². The van der Waals surface area contributed by atoms with Crippen molar-refractivity contribution in [3.05, 3.63) is 23.3 Å². The highest BCUT2D eigenvalue weighted by Crippen LogP contribution is 2.45. The highest BCUT2D eigenvalue weighted by atomic mass is 16.5. The Morgan fingerprint density at radius 1 is 1.38 bits per heavy atom. The number of aromatic hydroxyl groups is 1. The number of fused-ring (bicyclic) bond motifs is 1. The molecule has 1 heterocycles. The van der Waals surface area contributed by atoms with Crippen molar-refractivity contribution in [1.29, 1.82) is 0 Å². The van der Waals surface area contributed by atoms with Gasteiger partial charge in [0, 0.05) is 11.0 Å². The van der Waals surface area contributed by atoms with Crippen molar-refractivity contribution in [2.24, 2.45) is 0 Å². The van der Waals surface area contributed by atoms with Crippen LogP contribution < -0.4 is 4.74 Å². The van der Waals surface area contributed by atoms with E-state index in [1.807, 2.05) is 13.0 Å². The number of phenolic OH excluding ortho intramolecular Hbond substituents is 1. The molecule has 1 aromatic rings. The van der Waals surface area contributed by atoms with Crippen molar-refractivity contribution in [2.75, 3.05) is 6.61 Å². The third kappa shape index (κ3) is 1.09. The lowest BCUT2D eigenvalue weighted by Gasteiger charge is -2.16. The third-order valence-electron chi connectivity index (χ3n) is 2.59. The van der Waals surface area contributed by atoms with E-state index in [9.17, 15) is 5.11 Å². The third-order valence-corrected chi connectivity index (χ3v) is 2.59. The first-order valence-electron chi connectivity index (χ1n) is 4.48. The highest BCUT2D eigenvalue weighted by Gasteiger charge is 2.35. The summed E-state index contributed by atoms with van der Waals surface area (Å²) in [6, 6.07) is 3.63. The van der Waals surface area contributed by atoms with E-state index >= 15 is 0 Å². The summed E-state index contributed by atoms with van der Waals surface area (Å²) in [5.41, 5.74) is 1.98. The van der Waals surface area contributed by atoms with Crippen LogP contribution in [0, 0.1) is 6.92 Å². The van der Waals surface area contributed by atoms with Crippen molar-refractivity contribution < 1.29 is 9.84 Å². The van der Waals surface area contributed by atoms with Gasteiger partial charge in [-0.2, -0.15) is 0 Å². The first kappa shape index (κ1) is 8.42. The van der Waals surface area contributed by atoms with Gasteiger partial charge in [-0.1, -0.05) is 19.9 Å². The summed E-state index contributed by atoms with van der Waals surface area (Å²) in [7, 11) is 0. The van der Waals surface area contributed by atoms with Gasteiger partial charge in [0.2, 0.25) is 0 Å². The van der Waals surface area contributed by atoms with Crippen LogP contribution in [0.25, 0.3) is 0 Å². The van der Waals surface area contributed by atoms with Crippen molar-refractivity contribution in [2.45, 2.75) is 26.2 Å². The molecule has 2 rings (SSSR count). The van der Waals surface area contributed by atoms with E-state index in [-0.39, 0.29) is 5.41 Å². The quantitative estimate of drug-likeness (QED) is 0.661. The molecule has 0 aromatic heterocycles. The molecule has 1 aliphatic rings. The maximum Gasteiger partial charge on any atom is 0.129 e. The van der Waals surface area contributed by atoms with Crippen molar-refractivity contribution in [3.63, 3.8) is 0 Å². The van der Waals surface area contributed by atoms with E-state index in [2.05, 4.69) is 13.8 Å². The molecule has 70 valence electrons. The lowest BCUT2D eigenvalue weighted by Crippen LogP contribution is -2.18. The van der Waals surface area contributed by atoms with Crippen molar-refractivity contribution >= 4 is 0 Å². The minimum atomic E-state index is -0.0641. The Morgan fingerprint density at radius 2 is 2.08 bits per heavy atom. The van der Waals surface area contributed by atoms with Gasteiger partial charge >= 0.3 is 0 Å². The Balaban J connectivity index is 2.70. The molecular weight excluding hydrogens is 164 g/mol. The normalized spacial score (nSPS) is 18.1. The molecule has 0 saturated carbocycles. The molecule has 2 nitrogen and oxygen atoms in total. The lowest BCUT2D eigenvalue weighted by atomic mass is 9.85. The lowest BCUT2D eigenvalue weighted by molar-refractivity contribution is 0.289. The van der Waals surface area contributed by atoms with E-state index in [1.165, 1.54) is 0 Å². The van der Waals surface area contributed by atoms with Gasteiger partial charge in [-0.3, -0.25) is 0 Å². The molecule has 0 amide bonds. The minimum Gasteiger partial charge on any atom is -0.508 e. The number of rotatable bonds is 0. The molecule has 13 heavy (non-hydrogen) atoms. The first-order valence-corrected chi connectivity index (χ1v) is 4.48. The maximum atomic E-state index is 9.71. The van der Waals surface area contributed by atoms with Gasteiger partial charge in [0.15, 0.2) is 0 Å². The van der Waals surface area contributed by atoms with E-state index < -0.39 is 0 Å². The Morgan fingerprint density at radius 3 is 2.69 bits per heavy atom. The molecule has 2 heteroatoms. The molecule has 1 N–H and O–H groups in total. The van der Waals surface area contributed by atoms with Crippen LogP contribution in [0.3, 0.4) is 0 Å². The highest BCUT2D eigenvalue weighted by molar-refractivity contribution is 5.55. The summed E-state index contributed by atoms with van der Waals surface area (Å²) < 4.78 is 5.57. The van der Waals surface area contributed by atoms with Crippen molar-refractivity contribution in [1.82, 2.24) is 0 Å². The topological polar surface area (TPSA) is 29.5 Å². The van der Waals surface area contributed by atoms with E-state index in [0.717, 1.165) is 16.9 Å². The van der Waals surface area contributed by atoms with Crippen LogP contribution in [-0.4, -0.2) is 11.7 Å². The Bertz CT molecular complexity index is 353. The van der Waals surface area contributed by atoms with Gasteiger partial charge in [0.25, 0.3) is 0 Å². The number of ether oxygens (including phenoxy) is 1.